The predicted molar refractivity (Wildman–Crippen MR) is 70.9 cm³/mol. The van der Waals surface area contributed by atoms with Crippen molar-refractivity contribution in [3.8, 4) is 21.1 Å². The number of hydrogen-bond acceptors (Lipinski definition) is 6. The molecule has 84 valence electrons. The van der Waals surface area contributed by atoms with Crippen molar-refractivity contribution in [3.05, 3.63) is 36.1 Å². The van der Waals surface area contributed by atoms with Crippen molar-refractivity contribution in [3.63, 3.8) is 0 Å². The Balaban J connectivity index is 2.18. The van der Waals surface area contributed by atoms with Crippen molar-refractivity contribution >= 4 is 27.8 Å². The number of hydrogen-bond donors (Lipinski definition) is 1. The molecule has 0 amide bonds. The summed E-state index contributed by atoms with van der Waals surface area (Å²) in [5, 5.41) is 2.57. The summed E-state index contributed by atoms with van der Waals surface area (Å²) in [4.78, 5) is 14.8. The second-order valence-electron chi connectivity index (χ2n) is 3.30. The number of nitrogen functional groups attached to an aromatic ring is 1. The molecule has 0 saturated carbocycles. The van der Waals surface area contributed by atoms with Gasteiger partial charge in [0.05, 0.1) is 16.0 Å². The number of aromatic nitrogens is 3. The molecule has 0 aliphatic rings. The van der Waals surface area contributed by atoms with Gasteiger partial charge in [0.1, 0.15) is 11.4 Å². The molecule has 0 aliphatic carbocycles. The summed E-state index contributed by atoms with van der Waals surface area (Å²) in [6.07, 6.45) is 5.05. The fourth-order valence-electron chi connectivity index (χ4n) is 1.51. The largest absolute Gasteiger partial charge is 0.375 e. The maximum absolute atomic E-state index is 5.79. The highest BCUT2D eigenvalue weighted by molar-refractivity contribution is 7.20. The van der Waals surface area contributed by atoms with Crippen molar-refractivity contribution < 1.29 is 0 Å². The second kappa shape index (κ2) is 4.23. The molecule has 3 heterocycles. The van der Waals surface area contributed by atoms with Crippen LogP contribution in [-0.4, -0.2) is 15.0 Å². The molecule has 0 aromatic carbocycles. The van der Waals surface area contributed by atoms with Crippen LogP contribution in [0.4, 0.5) is 5.13 Å². The van der Waals surface area contributed by atoms with Crippen LogP contribution in [0.2, 0.25) is 0 Å². The van der Waals surface area contributed by atoms with Gasteiger partial charge in [0.2, 0.25) is 0 Å². The van der Waals surface area contributed by atoms with E-state index in [-0.39, 0.29) is 0 Å². The van der Waals surface area contributed by atoms with Gasteiger partial charge in [-0.05, 0) is 11.4 Å². The molecule has 17 heavy (non-hydrogen) atoms. The predicted octanol–water partition coefficient (Wildman–Crippen LogP) is 2.91. The molecule has 0 saturated heterocycles. The van der Waals surface area contributed by atoms with Crippen LogP contribution in [0, 0.1) is 0 Å². The Hall–Kier alpha value is -1.79. The molecule has 3 aromatic heterocycles. The summed E-state index contributed by atoms with van der Waals surface area (Å²) in [7, 11) is 0. The number of nitrogens with zero attached hydrogens (tertiary/aromatic N) is 3. The molecule has 0 radical (unpaired) electrons. The third kappa shape index (κ3) is 1.92. The Morgan fingerprint density at radius 3 is 2.88 bits per heavy atom. The van der Waals surface area contributed by atoms with E-state index in [0.717, 1.165) is 21.1 Å². The van der Waals surface area contributed by atoms with Crippen LogP contribution in [0.15, 0.2) is 36.1 Å². The van der Waals surface area contributed by atoms with Crippen LogP contribution in [0.5, 0.6) is 0 Å². The van der Waals surface area contributed by atoms with Gasteiger partial charge >= 0.3 is 0 Å². The number of nitrogens with two attached hydrogens (primary N) is 1. The monoisotopic (exact) mass is 260 g/mol. The summed E-state index contributed by atoms with van der Waals surface area (Å²) < 4.78 is 0. The van der Waals surface area contributed by atoms with E-state index in [0.29, 0.717) is 5.13 Å². The van der Waals surface area contributed by atoms with Crippen LogP contribution < -0.4 is 5.73 Å². The van der Waals surface area contributed by atoms with E-state index in [9.17, 15) is 0 Å². The van der Waals surface area contributed by atoms with Crippen molar-refractivity contribution in [2.24, 2.45) is 0 Å². The minimum atomic E-state index is 0.550. The minimum Gasteiger partial charge on any atom is -0.375 e. The molecule has 3 rings (SSSR count). The van der Waals surface area contributed by atoms with E-state index in [4.69, 9.17) is 5.73 Å². The van der Waals surface area contributed by atoms with E-state index in [1.807, 2.05) is 17.5 Å². The second-order valence-corrected chi connectivity index (χ2v) is 5.28. The Bertz CT molecular complexity index is 616. The molecule has 6 heteroatoms. The first-order chi connectivity index (χ1) is 8.34. The molecular formula is C11H8N4S2. The van der Waals surface area contributed by atoms with Crippen molar-refractivity contribution in [2.45, 2.75) is 0 Å². The number of rotatable bonds is 2. The van der Waals surface area contributed by atoms with Gasteiger partial charge in [-0.2, -0.15) is 0 Å². The van der Waals surface area contributed by atoms with E-state index in [2.05, 4.69) is 15.0 Å². The van der Waals surface area contributed by atoms with E-state index in [1.54, 1.807) is 29.9 Å². The van der Waals surface area contributed by atoms with Gasteiger partial charge in [-0.15, -0.1) is 11.3 Å². The quantitative estimate of drug-likeness (QED) is 0.769. The third-order valence-electron chi connectivity index (χ3n) is 2.19. The van der Waals surface area contributed by atoms with E-state index < -0.39 is 0 Å². The molecular weight excluding hydrogens is 252 g/mol. The lowest BCUT2D eigenvalue weighted by Crippen LogP contribution is -1.84. The molecule has 0 unspecified atom stereocenters. The van der Waals surface area contributed by atoms with Crippen LogP contribution in [0.3, 0.4) is 0 Å². The van der Waals surface area contributed by atoms with Gasteiger partial charge < -0.3 is 5.73 Å². The van der Waals surface area contributed by atoms with Gasteiger partial charge in [-0.25, -0.2) is 4.98 Å². The Labute approximate surface area is 106 Å². The molecule has 2 N–H and O–H groups in total. The molecule has 0 atom stereocenters. The molecule has 0 spiro atoms. The average molecular weight is 260 g/mol. The number of thiazole rings is 1. The van der Waals surface area contributed by atoms with Gasteiger partial charge in [0.15, 0.2) is 5.13 Å². The number of thiophene rings is 1. The zero-order valence-corrected chi connectivity index (χ0v) is 10.3. The first-order valence-corrected chi connectivity index (χ1v) is 6.61. The fourth-order valence-corrected chi connectivity index (χ4v) is 3.10. The van der Waals surface area contributed by atoms with Crippen LogP contribution in [-0.2, 0) is 0 Å². The highest BCUT2D eigenvalue weighted by Crippen LogP contribution is 2.38. The maximum atomic E-state index is 5.79. The van der Waals surface area contributed by atoms with Gasteiger partial charge in [-0.3, -0.25) is 9.97 Å². The fraction of sp³-hybridized carbons (Fsp3) is 0. The zero-order chi connectivity index (χ0) is 11.7. The Morgan fingerprint density at radius 1 is 1.24 bits per heavy atom. The first kappa shape index (κ1) is 10.4. The van der Waals surface area contributed by atoms with Crippen LogP contribution >= 0.6 is 22.7 Å². The smallest absolute Gasteiger partial charge is 0.181 e. The van der Waals surface area contributed by atoms with Crippen LogP contribution in [0.1, 0.15) is 0 Å². The van der Waals surface area contributed by atoms with Crippen LogP contribution in [0.25, 0.3) is 21.1 Å². The summed E-state index contributed by atoms with van der Waals surface area (Å²) in [5.74, 6) is 0. The first-order valence-electron chi connectivity index (χ1n) is 4.91. The normalized spacial score (nSPS) is 10.6. The molecule has 0 aliphatic heterocycles. The molecule has 3 aromatic rings. The van der Waals surface area contributed by atoms with Gasteiger partial charge in [-0.1, -0.05) is 17.4 Å². The summed E-state index contributed by atoms with van der Waals surface area (Å²) >= 11 is 3.08. The van der Waals surface area contributed by atoms with Crippen molar-refractivity contribution in [1.82, 2.24) is 15.0 Å². The summed E-state index contributed by atoms with van der Waals surface area (Å²) in [6.45, 7) is 0. The minimum absolute atomic E-state index is 0.550. The van der Waals surface area contributed by atoms with Gasteiger partial charge in [0, 0.05) is 12.4 Å². The summed E-state index contributed by atoms with van der Waals surface area (Å²) in [5.41, 5.74) is 7.49. The lowest BCUT2D eigenvalue weighted by molar-refractivity contribution is 1.21. The molecule has 0 bridgehead atoms. The topological polar surface area (TPSA) is 64.7 Å². The van der Waals surface area contributed by atoms with Crippen molar-refractivity contribution in [2.75, 3.05) is 5.73 Å². The SMILES string of the molecule is Nc1nc(-c2cccs2)c(-c2cnccn2)s1. The highest BCUT2D eigenvalue weighted by Gasteiger charge is 2.15. The average Bonchev–Trinajstić information content (AvgIpc) is 2.98. The van der Waals surface area contributed by atoms with Gasteiger partial charge in [0.25, 0.3) is 0 Å². The standard InChI is InChI=1S/C11H8N4S2/c12-11-15-9(8-2-1-5-16-8)10(17-11)7-6-13-3-4-14-7/h1-6H,(H2,12,15). The van der Waals surface area contributed by atoms with Crippen molar-refractivity contribution in [1.29, 1.82) is 0 Å². The van der Waals surface area contributed by atoms with E-state index >= 15 is 0 Å². The molecule has 4 nitrogen and oxygen atoms in total. The third-order valence-corrected chi connectivity index (χ3v) is 3.98. The maximum Gasteiger partial charge on any atom is 0.181 e. The number of anilines is 1. The highest BCUT2D eigenvalue weighted by atomic mass is 32.1. The van der Waals surface area contributed by atoms with E-state index in [1.165, 1.54) is 11.3 Å². The zero-order valence-electron chi connectivity index (χ0n) is 8.70. The Morgan fingerprint density at radius 2 is 2.18 bits per heavy atom. The lowest BCUT2D eigenvalue weighted by atomic mass is 10.2. The Kier molecular flexibility index (Phi) is 2.58. The lowest BCUT2D eigenvalue weighted by Gasteiger charge is -1.97. The molecule has 0 fully saturated rings. The summed E-state index contributed by atoms with van der Waals surface area (Å²) in [6, 6.07) is 4.02.